The van der Waals surface area contributed by atoms with E-state index in [-0.39, 0.29) is 12.7 Å². The highest BCUT2D eigenvalue weighted by Gasteiger charge is 2.12. The molecule has 3 nitrogen and oxygen atoms in total. The second-order valence-electron chi connectivity index (χ2n) is 16.7. The lowest BCUT2D eigenvalue weighted by atomic mass is 9.91. The summed E-state index contributed by atoms with van der Waals surface area (Å²) in [6.45, 7) is 23.5. The third-order valence-corrected chi connectivity index (χ3v) is 10.4. The Balaban J connectivity index is 3.72. The Hall–Kier alpha value is -0.120. The topological polar surface area (TPSA) is 38.7 Å². The van der Waals surface area contributed by atoms with Crippen molar-refractivity contribution in [3.05, 3.63) is 0 Å². The highest BCUT2D eigenvalue weighted by Crippen LogP contribution is 2.23. The molecule has 0 saturated heterocycles. The lowest BCUT2D eigenvalue weighted by molar-refractivity contribution is -0.0471. The third kappa shape index (κ3) is 32.2. The molecule has 1 N–H and O–H groups in total. The normalized spacial score (nSPS) is 16.3. The van der Waals surface area contributed by atoms with Gasteiger partial charge in [0.2, 0.25) is 0 Å². The van der Waals surface area contributed by atoms with Gasteiger partial charge in [0.25, 0.3) is 0 Å². The molecule has 0 bridgehead atoms. The van der Waals surface area contributed by atoms with E-state index in [4.69, 9.17) is 9.47 Å². The van der Waals surface area contributed by atoms with Crippen LogP contribution in [0.5, 0.6) is 0 Å². The average molecular weight is 639 g/mol. The quantitative estimate of drug-likeness (QED) is 0.0713. The maximum absolute atomic E-state index is 9.77. The van der Waals surface area contributed by atoms with Crippen LogP contribution >= 0.6 is 0 Å². The molecule has 272 valence electrons. The van der Waals surface area contributed by atoms with Crippen molar-refractivity contribution in [2.45, 2.75) is 203 Å². The molecule has 0 spiro atoms. The van der Waals surface area contributed by atoms with Gasteiger partial charge in [-0.2, -0.15) is 0 Å². The van der Waals surface area contributed by atoms with E-state index < -0.39 is 0 Å². The van der Waals surface area contributed by atoms with Gasteiger partial charge in [0.1, 0.15) is 6.10 Å². The molecule has 0 aromatic rings. The fourth-order valence-corrected chi connectivity index (χ4v) is 6.70. The number of aliphatic hydroxyl groups is 1. The molecule has 0 unspecified atom stereocenters. The van der Waals surface area contributed by atoms with Crippen LogP contribution in [0.25, 0.3) is 0 Å². The van der Waals surface area contributed by atoms with Crippen molar-refractivity contribution in [2.24, 2.45) is 41.4 Å². The molecule has 0 amide bonds. The van der Waals surface area contributed by atoms with Gasteiger partial charge >= 0.3 is 0 Å². The minimum atomic E-state index is -0.184. The van der Waals surface area contributed by atoms with Gasteiger partial charge in [-0.3, -0.25) is 0 Å². The SMILES string of the molecule is CC(C)CCCCCCC[C@@H](C)CCC[C@@H](C)CCO[C@H](CO)COCC[C@@H](C)CCC[C@H](C)CCC[C@@H](C)CCCC(C)C. The molecular formula is C42H86O3. The van der Waals surface area contributed by atoms with E-state index in [0.717, 1.165) is 55.6 Å². The average Bonchev–Trinajstić information content (AvgIpc) is 2.97. The van der Waals surface area contributed by atoms with Gasteiger partial charge in [0, 0.05) is 13.2 Å². The summed E-state index contributed by atoms with van der Waals surface area (Å²) in [5, 5.41) is 9.77. The number of unbranched alkanes of at least 4 members (excludes halogenated alkanes) is 4. The van der Waals surface area contributed by atoms with Crippen LogP contribution in [0.2, 0.25) is 0 Å². The van der Waals surface area contributed by atoms with Gasteiger partial charge < -0.3 is 14.6 Å². The first-order valence-electron chi connectivity index (χ1n) is 20.3. The lowest BCUT2D eigenvalue weighted by Crippen LogP contribution is -2.25. The van der Waals surface area contributed by atoms with E-state index in [0.29, 0.717) is 18.4 Å². The molecule has 0 saturated carbocycles. The molecular weight excluding hydrogens is 552 g/mol. The van der Waals surface area contributed by atoms with Crippen molar-refractivity contribution in [1.82, 2.24) is 0 Å². The summed E-state index contributed by atoms with van der Waals surface area (Å²) in [6, 6.07) is 0. The van der Waals surface area contributed by atoms with Crippen molar-refractivity contribution in [3.63, 3.8) is 0 Å². The minimum Gasteiger partial charge on any atom is -0.394 e. The van der Waals surface area contributed by atoms with Crippen LogP contribution < -0.4 is 0 Å². The Bertz CT molecular complexity index is 590. The molecule has 0 aliphatic rings. The number of hydrogen-bond donors (Lipinski definition) is 1. The van der Waals surface area contributed by atoms with Crippen molar-refractivity contribution in [3.8, 4) is 0 Å². The molecule has 0 radical (unpaired) electrons. The first kappa shape index (κ1) is 44.9. The largest absolute Gasteiger partial charge is 0.394 e. The predicted octanol–water partition coefficient (Wildman–Crippen LogP) is 13.1. The van der Waals surface area contributed by atoms with Crippen LogP contribution in [0.1, 0.15) is 197 Å². The van der Waals surface area contributed by atoms with E-state index in [2.05, 4.69) is 62.3 Å². The van der Waals surface area contributed by atoms with Gasteiger partial charge in [-0.05, 0) is 54.3 Å². The molecule has 0 aliphatic heterocycles. The molecule has 0 aromatic heterocycles. The molecule has 0 heterocycles. The van der Waals surface area contributed by atoms with E-state index in [9.17, 15) is 5.11 Å². The van der Waals surface area contributed by atoms with Gasteiger partial charge in [0.05, 0.1) is 13.2 Å². The van der Waals surface area contributed by atoms with Crippen molar-refractivity contribution >= 4 is 0 Å². The zero-order chi connectivity index (χ0) is 33.7. The maximum Gasteiger partial charge on any atom is 0.104 e. The standard InChI is InChI=1S/C42H86O3/c1-35(2)19-13-11-10-12-14-21-37(5)23-17-28-41(9)30-32-45-42(33-43)34-44-31-29-40(8)27-18-26-39(7)25-16-24-38(6)22-15-20-36(3)4/h35-43H,10-34H2,1-9H3/t37-,38+,39-,40+,41-,42-/m1/s1. The van der Waals surface area contributed by atoms with Crippen molar-refractivity contribution in [2.75, 3.05) is 26.4 Å². The zero-order valence-corrected chi connectivity index (χ0v) is 32.6. The fraction of sp³-hybridized carbons (Fsp3) is 1.00. The second-order valence-corrected chi connectivity index (χ2v) is 16.7. The third-order valence-electron chi connectivity index (χ3n) is 10.4. The highest BCUT2D eigenvalue weighted by molar-refractivity contribution is 4.63. The summed E-state index contributed by atoms with van der Waals surface area (Å²) in [7, 11) is 0. The molecule has 0 aliphatic carbocycles. The predicted molar refractivity (Wildman–Crippen MR) is 200 cm³/mol. The van der Waals surface area contributed by atoms with E-state index >= 15 is 0 Å². The summed E-state index contributed by atoms with van der Waals surface area (Å²) >= 11 is 0. The first-order valence-corrected chi connectivity index (χ1v) is 20.3. The maximum atomic E-state index is 9.77. The Morgan fingerprint density at radius 3 is 1.16 bits per heavy atom. The molecule has 3 heteroatoms. The Kier molecular flexibility index (Phi) is 31.1. The van der Waals surface area contributed by atoms with E-state index in [1.54, 1.807) is 0 Å². The lowest BCUT2D eigenvalue weighted by Gasteiger charge is -2.19. The Morgan fingerprint density at radius 1 is 0.378 bits per heavy atom. The van der Waals surface area contributed by atoms with Crippen LogP contribution in [0.15, 0.2) is 0 Å². The smallest absolute Gasteiger partial charge is 0.104 e. The fourth-order valence-electron chi connectivity index (χ4n) is 6.70. The molecule has 45 heavy (non-hydrogen) atoms. The molecule has 0 rings (SSSR count). The Labute approximate surface area is 285 Å². The first-order chi connectivity index (χ1) is 21.5. The van der Waals surface area contributed by atoms with Crippen LogP contribution in [-0.4, -0.2) is 37.6 Å². The second kappa shape index (κ2) is 31.2. The number of ether oxygens (including phenoxy) is 2. The van der Waals surface area contributed by atoms with Crippen LogP contribution in [0.3, 0.4) is 0 Å². The van der Waals surface area contributed by atoms with Gasteiger partial charge in [-0.1, -0.05) is 184 Å². The number of hydrogen-bond acceptors (Lipinski definition) is 3. The monoisotopic (exact) mass is 639 g/mol. The Morgan fingerprint density at radius 2 is 0.711 bits per heavy atom. The van der Waals surface area contributed by atoms with Crippen molar-refractivity contribution in [1.29, 1.82) is 0 Å². The summed E-state index contributed by atoms with van der Waals surface area (Å²) in [5.41, 5.74) is 0. The molecule has 0 aromatic carbocycles. The number of rotatable bonds is 34. The summed E-state index contributed by atoms with van der Waals surface area (Å²) in [4.78, 5) is 0. The van der Waals surface area contributed by atoms with Crippen molar-refractivity contribution < 1.29 is 14.6 Å². The van der Waals surface area contributed by atoms with Gasteiger partial charge in [-0.15, -0.1) is 0 Å². The van der Waals surface area contributed by atoms with Gasteiger partial charge in [-0.25, -0.2) is 0 Å². The van der Waals surface area contributed by atoms with E-state index in [1.165, 1.54) is 122 Å². The van der Waals surface area contributed by atoms with Crippen LogP contribution in [0.4, 0.5) is 0 Å². The van der Waals surface area contributed by atoms with Crippen LogP contribution in [-0.2, 0) is 9.47 Å². The zero-order valence-electron chi connectivity index (χ0n) is 32.6. The highest BCUT2D eigenvalue weighted by atomic mass is 16.5. The summed E-state index contributed by atoms with van der Waals surface area (Å²) < 4.78 is 11.9. The summed E-state index contributed by atoms with van der Waals surface area (Å²) in [6.07, 6.45) is 28.3. The van der Waals surface area contributed by atoms with Crippen LogP contribution in [0, 0.1) is 41.4 Å². The molecule has 6 atom stereocenters. The van der Waals surface area contributed by atoms with Gasteiger partial charge in [0.15, 0.2) is 0 Å². The number of aliphatic hydroxyl groups excluding tert-OH is 1. The summed E-state index contributed by atoms with van der Waals surface area (Å²) in [5.74, 6) is 5.71. The van der Waals surface area contributed by atoms with E-state index in [1.807, 2.05) is 0 Å². The molecule has 0 fully saturated rings. The minimum absolute atomic E-state index is 0.0494.